The first-order valence-corrected chi connectivity index (χ1v) is 8.92. The monoisotopic (exact) mass is 371 g/mol. The van der Waals surface area contributed by atoms with Crippen molar-refractivity contribution < 1.29 is 19.1 Å². The molecule has 0 unspecified atom stereocenters. The summed E-state index contributed by atoms with van der Waals surface area (Å²) in [5.41, 5.74) is 2.54. The normalized spacial score (nSPS) is 15.3. The van der Waals surface area contributed by atoms with Crippen LogP contribution in [0.2, 0.25) is 0 Å². The molecular formula is C23H17NO4. The molecule has 5 heteroatoms. The molecule has 0 spiro atoms. The Bertz CT molecular complexity index is 1060. The summed E-state index contributed by atoms with van der Waals surface area (Å²) in [7, 11) is 0. The lowest BCUT2D eigenvalue weighted by Crippen LogP contribution is -2.38. The third-order valence-electron chi connectivity index (χ3n) is 4.65. The van der Waals surface area contributed by atoms with Crippen LogP contribution in [0.15, 0.2) is 78.9 Å². The second-order valence-electron chi connectivity index (χ2n) is 6.49. The van der Waals surface area contributed by atoms with Crippen molar-refractivity contribution in [2.45, 2.75) is 12.5 Å². The number of para-hydroxylation sites is 1. The Balaban J connectivity index is 1.56. The van der Waals surface area contributed by atoms with Crippen LogP contribution in [0.1, 0.15) is 31.8 Å². The van der Waals surface area contributed by atoms with Crippen molar-refractivity contribution in [2.24, 2.45) is 0 Å². The number of hydrogen-bond donors (Lipinski definition) is 1. The van der Waals surface area contributed by atoms with Crippen molar-refractivity contribution in [3.05, 3.63) is 101 Å². The van der Waals surface area contributed by atoms with Gasteiger partial charge in [0.15, 0.2) is 11.9 Å². The maximum atomic E-state index is 12.8. The Morgan fingerprint density at radius 2 is 1.54 bits per heavy atom. The fraction of sp³-hybridized carbons (Fsp3) is 0.0870. The third-order valence-corrected chi connectivity index (χ3v) is 4.65. The van der Waals surface area contributed by atoms with Crippen LogP contribution in [-0.4, -0.2) is 23.8 Å². The maximum Gasteiger partial charge on any atom is 0.339 e. The van der Waals surface area contributed by atoms with Crippen molar-refractivity contribution in [1.29, 1.82) is 0 Å². The van der Waals surface area contributed by atoms with Gasteiger partial charge in [-0.3, -0.25) is 9.59 Å². The number of hydrogen-bond acceptors (Lipinski definition) is 4. The molecule has 0 aliphatic carbocycles. The summed E-state index contributed by atoms with van der Waals surface area (Å²) in [5, 5.41) is 2.75. The number of fused-ring (bicyclic) bond motifs is 1. The van der Waals surface area contributed by atoms with Gasteiger partial charge in [0, 0.05) is 17.5 Å². The lowest BCUT2D eigenvalue weighted by Gasteiger charge is -2.24. The average molecular weight is 371 g/mol. The first-order valence-electron chi connectivity index (χ1n) is 8.92. The predicted octanol–water partition coefficient (Wildman–Crippen LogP) is 3.64. The van der Waals surface area contributed by atoms with E-state index in [0.717, 1.165) is 5.56 Å². The summed E-state index contributed by atoms with van der Waals surface area (Å²) in [5.74, 6) is -1.17. The number of benzene rings is 3. The second-order valence-corrected chi connectivity index (χ2v) is 6.49. The van der Waals surface area contributed by atoms with E-state index in [4.69, 9.17) is 4.74 Å². The summed E-state index contributed by atoms with van der Waals surface area (Å²) in [6, 6.07) is 22.7. The highest BCUT2D eigenvalue weighted by Gasteiger charge is 2.31. The first kappa shape index (κ1) is 17.7. The van der Waals surface area contributed by atoms with Crippen LogP contribution in [0.5, 0.6) is 0 Å². The average Bonchev–Trinajstić information content (AvgIpc) is 2.74. The fourth-order valence-electron chi connectivity index (χ4n) is 3.23. The molecule has 1 N–H and O–H groups in total. The molecule has 138 valence electrons. The number of esters is 1. The van der Waals surface area contributed by atoms with Crippen molar-refractivity contribution >= 4 is 23.3 Å². The minimum absolute atomic E-state index is 0.192. The van der Waals surface area contributed by atoms with E-state index in [2.05, 4.69) is 5.32 Å². The molecule has 0 aromatic heterocycles. The van der Waals surface area contributed by atoms with E-state index in [1.807, 2.05) is 18.2 Å². The van der Waals surface area contributed by atoms with Crippen LogP contribution in [0.3, 0.4) is 0 Å². The molecule has 3 aromatic rings. The minimum atomic E-state index is -0.942. The van der Waals surface area contributed by atoms with Gasteiger partial charge in [0.1, 0.15) is 0 Å². The van der Waals surface area contributed by atoms with Gasteiger partial charge in [0.2, 0.25) is 0 Å². The van der Waals surface area contributed by atoms with Crippen molar-refractivity contribution in [3.8, 4) is 0 Å². The second kappa shape index (κ2) is 7.48. The molecule has 0 fully saturated rings. The lowest BCUT2D eigenvalue weighted by atomic mass is 9.98. The number of anilines is 1. The predicted molar refractivity (Wildman–Crippen MR) is 104 cm³/mol. The summed E-state index contributed by atoms with van der Waals surface area (Å²) in [6.45, 7) is 0. The van der Waals surface area contributed by atoms with E-state index in [-0.39, 0.29) is 5.78 Å². The quantitative estimate of drug-likeness (QED) is 0.561. The highest BCUT2D eigenvalue weighted by molar-refractivity contribution is 6.14. The van der Waals surface area contributed by atoms with Crippen LogP contribution >= 0.6 is 0 Å². The molecule has 1 aliphatic heterocycles. The SMILES string of the molecule is O=C1O[C@@H](C(=O)Nc2ccccc2C(=O)c2ccccc2)Cc2ccccc21. The fourth-order valence-corrected chi connectivity index (χ4v) is 3.23. The molecule has 1 atom stereocenters. The van der Waals surface area contributed by atoms with Crippen LogP contribution < -0.4 is 5.32 Å². The molecule has 1 aliphatic rings. The van der Waals surface area contributed by atoms with E-state index >= 15 is 0 Å². The molecule has 1 heterocycles. The largest absolute Gasteiger partial charge is 0.448 e. The number of ketones is 1. The van der Waals surface area contributed by atoms with E-state index in [1.54, 1.807) is 60.7 Å². The number of ether oxygens (including phenoxy) is 1. The standard InChI is InChI=1S/C23H17NO4/c25-21(15-8-2-1-3-9-15)18-12-6-7-13-19(18)24-22(26)20-14-16-10-4-5-11-17(16)23(27)28-20/h1-13,20H,14H2,(H,24,26)/t20-/m1/s1. The van der Waals surface area contributed by atoms with Crippen LogP contribution in [0.4, 0.5) is 5.69 Å². The third kappa shape index (κ3) is 3.42. The smallest absolute Gasteiger partial charge is 0.339 e. The maximum absolute atomic E-state index is 12.8. The zero-order valence-corrected chi connectivity index (χ0v) is 14.9. The number of carbonyl (C=O) groups excluding carboxylic acids is 3. The minimum Gasteiger partial charge on any atom is -0.448 e. The van der Waals surface area contributed by atoms with Gasteiger partial charge < -0.3 is 10.1 Å². The summed E-state index contributed by atoms with van der Waals surface area (Å²) >= 11 is 0. The van der Waals surface area contributed by atoms with Gasteiger partial charge >= 0.3 is 5.97 Å². The summed E-state index contributed by atoms with van der Waals surface area (Å²) in [6.07, 6.45) is -0.648. The van der Waals surface area contributed by atoms with Crippen molar-refractivity contribution in [2.75, 3.05) is 5.32 Å². The molecule has 1 amide bonds. The van der Waals surface area contributed by atoms with E-state index < -0.39 is 18.0 Å². The molecule has 0 bridgehead atoms. The van der Waals surface area contributed by atoms with Crippen LogP contribution in [0.25, 0.3) is 0 Å². The number of amides is 1. The highest BCUT2D eigenvalue weighted by Crippen LogP contribution is 2.23. The Labute approximate surface area is 162 Å². The Hall–Kier alpha value is -3.73. The van der Waals surface area contributed by atoms with Gasteiger partial charge in [-0.1, -0.05) is 60.7 Å². The Morgan fingerprint density at radius 3 is 2.36 bits per heavy atom. The summed E-state index contributed by atoms with van der Waals surface area (Å²) in [4.78, 5) is 37.7. The van der Waals surface area contributed by atoms with E-state index in [0.29, 0.717) is 28.8 Å². The van der Waals surface area contributed by atoms with Crippen LogP contribution in [-0.2, 0) is 16.0 Å². The van der Waals surface area contributed by atoms with E-state index in [1.165, 1.54) is 0 Å². The molecule has 3 aromatic carbocycles. The van der Waals surface area contributed by atoms with Gasteiger partial charge in [-0.15, -0.1) is 0 Å². The van der Waals surface area contributed by atoms with Crippen molar-refractivity contribution in [3.63, 3.8) is 0 Å². The number of carbonyl (C=O) groups is 3. The molecule has 5 nitrogen and oxygen atoms in total. The molecule has 4 rings (SSSR count). The molecule has 0 radical (unpaired) electrons. The van der Waals surface area contributed by atoms with Gasteiger partial charge in [-0.05, 0) is 23.8 Å². The summed E-state index contributed by atoms with van der Waals surface area (Å²) < 4.78 is 5.30. The molecular weight excluding hydrogens is 354 g/mol. The van der Waals surface area contributed by atoms with Crippen molar-refractivity contribution in [1.82, 2.24) is 0 Å². The lowest BCUT2D eigenvalue weighted by molar-refractivity contribution is -0.125. The topological polar surface area (TPSA) is 72.5 Å². The first-order chi connectivity index (χ1) is 13.6. The Morgan fingerprint density at radius 1 is 0.857 bits per heavy atom. The van der Waals surface area contributed by atoms with Gasteiger partial charge in [-0.2, -0.15) is 0 Å². The van der Waals surface area contributed by atoms with E-state index in [9.17, 15) is 14.4 Å². The molecule has 28 heavy (non-hydrogen) atoms. The number of nitrogens with one attached hydrogen (secondary N) is 1. The van der Waals surface area contributed by atoms with Gasteiger partial charge in [-0.25, -0.2) is 4.79 Å². The zero-order valence-electron chi connectivity index (χ0n) is 14.9. The Kier molecular flexibility index (Phi) is 4.72. The molecule has 0 saturated carbocycles. The molecule has 0 saturated heterocycles. The number of cyclic esters (lactones) is 1. The van der Waals surface area contributed by atoms with Gasteiger partial charge in [0.05, 0.1) is 11.3 Å². The highest BCUT2D eigenvalue weighted by atomic mass is 16.5. The zero-order chi connectivity index (χ0) is 19.5. The van der Waals surface area contributed by atoms with Crippen LogP contribution in [0, 0.1) is 0 Å². The number of rotatable bonds is 4. The van der Waals surface area contributed by atoms with Gasteiger partial charge in [0.25, 0.3) is 5.91 Å².